The minimum absolute atomic E-state index is 0.0573. The van der Waals surface area contributed by atoms with Crippen LogP contribution in [0, 0.1) is 6.92 Å². The van der Waals surface area contributed by atoms with Crippen LogP contribution in [0.3, 0.4) is 0 Å². The fraction of sp³-hybridized carbons (Fsp3) is 0.412. The van der Waals surface area contributed by atoms with Gasteiger partial charge in [-0.05, 0) is 24.6 Å². The summed E-state index contributed by atoms with van der Waals surface area (Å²) in [5.41, 5.74) is 1.99. The van der Waals surface area contributed by atoms with Gasteiger partial charge in [0.25, 0.3) is 0 Å². The molecule has 1 N–H and O–H groups in total. The van der Waals surface area contributed by atoms with Crippen LogP contribution in [0.15, 0.2) is 29.6 Å². The lowest BCUT2D eigenvalue weighted by Gasteiger charge is -2.36. The lowest BCUT2D eigenvalue weighted by atomic mass is 10.0. The monoisotopic (exact) mass is 331 g/mol. The van der Waals surface area contributed by atoms with E-state index in [1.165, 1.54) is 0 Å². The van der Waals surface area contributed by atoms with Crippen LogP contribution in [0.25, 0.3) is 0 Å². The molecule has 23 heavy (non-hydrogen) atoms. The van der Waals surface area contributed by atoms with E-state index in [2.05, 4.69) is 10.3 Å². The molecule has 1 aromatic heterocycles. The van der Waals surface area contributed by atoms with Crippen LogP contribution in [-0.4, -0.2) is 42.5 Å². The van der Waals surface area contributed by atoms with E-state index in [0.717, 1.165) is 41.6 Å². The summed E-state index contributed by atoms with van der Waals surface area (Å²) in [5.74, 6) is 0.964. The van der Waals surface area contributed by atoms with Gasteiger partial charge >= 0.3 is 0 Å². The summed E-state index contributed by atoms with van der Waals surface area (Å²) in [6.07, 6.45) is 0.372. The van der Waals surface area contributed by atoms with Crippen LogP contribution >= 0.6 is 11.3 Å². The Bertz CT molecular complexity index is 669. The molecule has 2 heterocycles. The van der Waals surface area contributed by atoms with Crippen molar-refractivity contribution in [2.45, 2.75) is 19.4 Å². The molecule has 1 fully saturated rings. The molecule has 3 rings (SSSR count). The van der Waals surface area contributed by atoms with Gasteiger partial charge in [0.2, 0.25) is 5.91 Å². The normalized spacial score (nSPS) is 18.0. The van der Waals surface area contributed by atoms with Crippen molar-refractivity contribution < 1.29 is 9.53 Å². The first-order chi connectivity index (χ1) is 11.2. The van der Waals surface area contributed by atoms with Gasteiger partial charge in [-0.1, -0.05) is 12.1 Å². The van der Waals surface area contributed by atoms with E-state index in [-0.39, 0.29) is 11.9 Å². The van der Waals surface area contributed by atoms with Gasteiger partial charge in [0.05, 0.1) is 30.3 Å². The molecule has 1 aliphatic rings. The Morgan fingerprint density at radius 2 is 2.22 bits per heavy atom. The summed E-state index contributed by atoms with van der Waals surface area (Å²) < 4.78 is 5.21. The van der Waals surface area contributed by atoms with E-state index in [4.69, 9.17) is 4.74 Å². The predicted octanol–water partition coefficient (Wildman–Crippen LogP) is 2.18. The number of aryl methyl sites for hydroxylation is 1. The Balaban J connectivity index is 1.75. The molecular formula is C17H21N3O2S. The van der Waals surface area contributed by atoms with Crippen LogP contribution < -0.4 is 10.1 Å². The molecule has 0 aliphatic carbocycles. The van der Waals surface area contributed by atoms with Gasteiger partial charge in [0, 0.05) is 25.0 Å². The first-order valence-corrected chi connectivity index (χ1v) is 8.60. The molecule has 0 radical (unpaired) electrons. The second-order valence-electron chi connectivity index (χ2n) is 5.61. The minimum Gasteiger partial charge on any atom is -0.497 e. The number of rotatable bonds is 4. The zero-order valence-corrected chi connectivity index (χ0v) is 14.2. The van der Waals surface area contributed by atoms with Gasteiger partial charge in [-0.3, -0.25) is 4.79 Å². The van der Waals surface area contributed by atoms with Crippen LogP contribution in [0.2, 0.25) is 0 Å². The van der Waals surface area contributed by atoms with Gasteiger partial charge in [-0.15, -0.1) is 11.3 Å². The molecule has 0 bridgehead atoms. The Hall–Kier alpha value is -1.92. The van der Waals surface area contributed by atoms with Crippen LogP contribution in [0.4, 0.5) is 0 Å². The number of benzene rings is 1. The first-order valence-electron chi connectivity index (χ1n) is 7.72. The number of amides is 1. The van der Waals surface area contributed by atoms with E-state index < -0.39 is 0 Å². The molecule has 0 spiro atoms. The van der Waals surface area contributed by atoms with Crippen molar-refractivity contribution in [2.75, 3.05) is 26.7 Å². The molecule has 1 atom stereocenters. The highest BCUT2D eigenvalue weighted by atomic mass is 32.1. The van der Waals surface area contributed by atoms with Crippen molar-refractivity contribution in [2.24, 2.45) is 0 Å². The van der Waals surface area contributed by atoms with E-state index in [1.807, 2.05) is 41.5 Å². The molecule has 1 saturated heterocycles. The molecule has 2 aromatic rings. The molecule has 122 valence electrons. The Kier molecular flexibility index (Phi) is 4.93. The van der Waals surface area contributed by atoms with E-state index >= 15 is 0 Å². The van der Waals surface area contributed by atoms with Crippen LogP contribution in [0.1, 0.15) is 22.3 Å². The molecule has 1 amide bonds. The fourth-order valence-corrected chi connectivity index (χ4v) is 3.49. The molecular weight excluding hydrogens is 310 g/mol. The zero-order valence-electron chi connectivity index (χ0n) is 13.4. The SMILES string of the molecule is COc1ccc([C@H]2CNCCN2C(=O)Cc2csc(C)n2)cc1. The number of carbonyl (C=O) groups is 1. The average molecular weight is 331 g/mol. The molecule has 6 heteroatoms. The predicted molar refractivity (Wildman–Crippen MR) is 90.9 cm³/mol. The quantitative estimate of drug-likeness (QED) is 0.933. The number of methoxy groups -OCH3 is 1. The second kappa shape index (κ2) is 7.10. The molecule has 0 unspecified atom stereocenters. The third-order valence-corrected chi connectivity index (χ3v) is 4.89. The summed E-state index contributed by atoms with van der Waals surface area (Å²) in [6, 6.07) is 8.00. The highest BCUT2D eigenvalue weighted by Gasteiger charge is 2.28. The van der Waals surface area contributed by atoms with Gasteiger partial charge in [-0.2, -0.15) is 0 Å². The number of hydrogen-bond donors (Lipinski definition) is 1. The Morgan fingerprint density at radius 3 is 2.87 bits per heavy atom. The highest BCUT2D eigenvalue weighted by molar-refractivity contribution is 7.09. The van der Waals surface area contributed by atoms with Crippen molar-refractivity contribution >= 4 is 17.2 Å². The maximum atomic E-state index is 12.7. The molecule has 5 nitrogen and oxygen atoms in total. The average Bonchev–Trinajstić information content (AvgIpc) is 3.00. The first kappa shape index (κ1) is 16.0. The molecule has 1 aliphatic heterocycles. The number of thiazole rings is 1. The van der Waals surface area contributed by atoms with E-state index in [9.17, 15) is 4.79 Å². The summed E-state index contributed by atoms with van der Waals surface area (Å²) in [4.78, 5) is 19.1. The Labute approximate surface area is 140 Å². The Morgan fingerprint density at radius 1 is 1.43 bits per heavy atom. The maximum Gasteiger partial charge on any atom is 0.229 e. The van der Waals surface area contributed by atoms with E-state index in [0.29, 0.717) is 6.42 Å². The number of nitrogens with one attached hydrogen (secondary N) is 1. The second-order valence-corrected chi connectivity index (χ2v) is 6.68. The van der Waals surface area contributed by atoms with Gasteiger partial charge in [0.1, 0.15) is 5.75 Å². The van der Waals surface area contributed by atoms with Crippen molar-refractivity contribution in [3.63, 3.8) is 0 Å². The van der Waals surface area contributed by atoms with Crippen molar-refractivity contribution in [3.8, 4) is 5.75 Å². The lowest BCUT2D eigenvalue weighted by Crippen LogP contribution is -2.49. The fourth-order valence-electron chi connectivity index (χ4n) is 2.87. The third-order valence-electron chi connectivity index (χ3n) is 4.06. The standard InChI is InChI=1S/C17H21N3O2S/c1-12-19-14(11-23-12)9-17(21)20-8-7-18-10-16(20)13-3-5-15(22-2)6-4-13/h3-6,11,16,18H,7-10H2,1-2H3/t16-/m1/s1. The highest BCUT2D eigenvalue weighted by Crippen LogP contribution is 2.25. The topological polar surface area (TPSA) is 54.5 Å². The zero-order chi connectivity index (χ0) is 16.2. The number of carbonyl (C=O) groups excluding carboxylic acids is 1. The summed E-state index contributed by atoms with van der Waals surface area (Å²) in [7, 11) is 1.66. The number of ether oxygens (including phenoxy) is 1. The number of hydrogen-bond acceptors (Lipinski definition) is 5. The third kappa shape index (κ3) is 3.71. The number of nitrogens with zero attached hydrogens (tertiary/aromatic N) is 2. The van der Waals surface area contributed by atoms with Crippen molar-refractivity contribution in [1.82, 2.24) is 15.2 Å². The molecule has 1 aromatic carbocycles. The van der Waals surface area contributed by atoms with Gasteiger partial charge < -0.3 is 15.0 Å². The number of aromatic nitrogens is 1. The smallest absolute Gasteiger partial charge is 0.229 e. The van der Waals surface area contributed by atoms with E-state index in [1.54, 1.807) is 18.4 Å². The van der Waals surface area contributed by atoms with Gasteiger partial charge in [0.15, 0.2) is 0 Å². The number of piperazine rings is 1. The summed E-state index contributed by atoms with van der Waals surface area (Å²) in [6.45, 7) is 4.28. The largest absolute Gasteiger partial charge is 0.497 e. The van der Waals surface area contributed by atoms with Crippen LogP contribution in [-0.2, 0) is 11.2 Å². The summed E-state index contributed by atoms with van der Waals surface area (Å²) in [5, 5.41) is 6.35. The van der Waals surface area contributed by atoms with Crippen molar-refractivity contribution in [3.05, 3.63) is 45.9 Å². The lowest BCUT2D eigenvalue weighted by molar-refractivity contribution is -0.133. The summed E-state index contributed by atoms with van der Waals surface area (Å²) >= 11 is 1.59. The van der Waals surface area contributed by atoms with Crippen molar-refractivity contribution in [1.29, 1.82) is 0 Å². The maximum absolute atomic E-state index is 12.7. The minimum atomic E-state index is 0.0573. The molecule has 0 saturated carbocycles. The van der Waals surface area contributed by atoms with Crippen LogP contribution in [0.5, 0.6) is 5.75 Å². The van der Waals surface area contributed by atoms with Gasteiger partial charge in [-0.25, -0.2) is 4.98 Å².